The highest BCUT2D eigenvalue weighted by Gasteiger charge is 2.25. The smallest absolute Gasteiger partial charge is 0.327 e. The number of benzene rings is 1. The van der Waals surface area contributed by atoms with Crippen LogP contribution in [0.25, 0.3) is 0 Å². The van der Waals surface area contributed by atoms with Gasteiger partial charge in [0, 0.05) is 5.02 Å². The molecule has 3 nitrogen and oxygen atoms in total. The molecule has 0 aliphatic heterocycles. The summed E-state index contributed by atoms with van der Waals surface area (Å²) in [5.74, 6) is -0.384. The van der Waals surface area contributed by atoms with Crippen LogP contribution in [-0.2, 0) is 9.53 Å². The van der Waals surface area contributed by atoms with Crippen LogP contribution in [0.3, 0.4) is 0 Å². The Morgan fingerprint density at radius 3 is 2.65 bits per heavy atom. The zero-order valence-corrected chi connectivity index (χ0v) is 10.3. The molecule has 92 valence electrons. The Morgan fingerprint density at radius 1 is 1.35 bits per heavy atom. The molecule has 0 aromatic heterocycles. The fraction of sp³-hybridized carbons (Fsp3) is 0.462. The first-order valence-electron chi connectivity index (χ1n) is 5.89. The van der Waals surface area contributed by atoms with Crippen molar-refractivity contribution in [2.75, 3.05) is 0 Å². The summed E-state index contributed by atoms with van der Waals surface area (Å²) in [7, 11) is 0. The van der Waals surface area contributed by atoms with Crippen LogP contribution in [0, 0.1) is 0 Å². The van der Waals surface area contributed by atoms with Gasteiger partial charge in [0.25, 0.3) is 0 Å². The molecule has 0 bridgehead atoms. The van der Waals surface area contributed by atoms with E-state index in [1.54, 1.807) is 18.2 Å². The molecule has 1 saturated carbocycles. The summed E-state index contributed by atoms with van der Waals surface area (Å²) in [4.78, 5) is 11.8. The summed E-state index contributed by atoms with van der Waals surface area (Å²) < 4.78 is 5.36. The summed E-state index contributed by atoms with van der Waals surface area (Å²) in [5, 5.41) is 0.503. The van der Waals surface area contributed by atoms with Gasteiger partial charge in [-0.1, -0.05) is 29.8 Å². The second-order valence-corrected chi connectivity index (χ2v) is 4.75. The highest BCUT2D eigenvalue weighted by molar-refractivity contribution is 6.31. The minimum Gasteiger partial charge on any atom is -0.461 e. The summed E-state index contributed by atoms with van der Waals surface area (Å²) in [6.07, 6.45) is 4.18. The van der Waals surface area contributed by atoms with Gasteiger partial charge >= 0.3 is 5.97 Å². The molecule has 0 amide bonds. The van der Waals surface area contributed by atoms with Crippen LogP contribution in [0.4, 0.5) is 0 Å². The molecule has 1 aromatic rings. The molecule has 2 N–H and O–H groups in total. The summed E-state index contributed by atoms with van der Waals surface area (Å²) in [5.41, 5.74) is 6.48. The van der Waals surface area contributed by atoms with Crippen molar-refractivity contribution < 1.29 is 9.53 Å². The molecule has 1 aromatic carbocycles. The highest BCUT2D eigenvalue weighted by Crippen LogP contribution is 2.25. The minimum atomic E-state index is -0.788. The largest absolute Gasteiger partial charge is 0.461 e. The van der Waals surface area contributed by atoms with E-state index in [0.29, 0.717) is 10.6 Å². The Hall–Kier alpha value is -1.06. The fourth-order valence-corrected chi connectivity index (χ4v) is 2.35. The van der Waals surface area contributed by atoms with Gasteiger partial charge in [-0.05, 0) is 37.3 Å². The van der Waals surface area contributed by atoms with Crippen LogP contribution in [0.5, 0.6) is 0 Å². The van der Waals surface area contributed by atoms with Gasteiger partial charge in [0.1, 0.15) is 12.1 Å². The van der Waals surface area contributed by atoms with Crippen molar-refractivity contribution in [2.24, 2.45) is 5.73 Å². The standard InChI is InChI=1S/C13H16ClNO2/c14-11-8-4-3-7-10(11)12(15)13(16)17-9-5-1-2-6-9/h3-4,7-9,12H,1-2,5-6,15H2/t12-/m1/s1. The lowest BCUT2D eigenvalue weighted by Gasteiger charge is -2.16. The maximum atomic E-state index is 11.8. The van der Waals surface area contributed by atoms with E-state index in [0.717, 1.165) is 25.7 Å². The number of hydrogen-bond acceptors (Lipinski definition) is 3. The fourth-order valence-electron chi connectivity index (χ4n) is 2.10. The van der Waals surface area contributed by atoms with E-state index in [-0.39, 0.29) is 12.1 Å². The normalized spacial score (nSPS) is 18.0. The second-order valence-electron chi connectivity index (χ2n) is 4.34. The van der Waals surface area contributed by atoms with Gasteiger partial charge in [0.05, 0.1) is 0 Å². The molecule has 1 aliphatic carbocycles. The lowest BCUT2D eigenvalue weighted by molar-refractivity contribution is -0.150. The number of nitrogens with two attached hydrogens (primary N) is 1. The molecule has 2 rings (SSSR count). The Balaban J connectivity index is 2.01. The number of esters is 1. The molecule has 1 atom stereocenters. The van der Waals surface area contributed by atoms with Crippen molar-refractivity contribution in [3.63, 3.8) is 0 Å². The Morgan fingerprint density at radius 2 is 2.00 bits per heavy atom. The van der Waals surface area contributed by atoms with Crippen molar-refractivity contribution in [3.8, 4) is 0 Å². The number of rotatable bonds is 3. The van der Waals surface area contributed by atoms with Gasteiger partial charge in [-0.25, -0.2) is 4.79 Å². The quantitative estimate of drug-likeness (QED) is 0.843. The monoisotopic (exact) mass is 253 g/mol. The third-order valence-electron chi connectivity index (χ3n) is 3.08. The molecule has 0 spiro atoms. The zero-order chi connectivity index (χ0) is 12.3. The average Bonchev–Trinajstić information content (AvgIpc) is 2.81. The molecular formula is C13H16ClNO2. The first kappa shape index (κ1) is 12.4. The van der Waals surface area contributed by atoms with Crippen LogP contribution in [-0.4, -0.2) is 12.1 Å². The maximum Gasteiger partial charge on any atom is 0.327 e. The van der Waals surface area contributed by atoms with Crippen LogP contribution < -0.4 is 5.73 Å². The van der Waals surface area contributed by atoms with E-state index in [2.05, 4.69) is 0 Å². The molecule has 0 radical (unpaired) electrons. The van der Waals surface area contributed by atoms with Gasteiger partial charge in [-0.2, -0.15) is 0 Å². The number of carbonyl (C=O) groups excluding carboxylic acids is 1. The van der Waals surface area contributed by atoms with Crippen molar-refractivity contribution in [1.29, 1.82) is 0 Å². The van der Waals surface area contributed by atoms with Gasteiger partial charge < -0.3 is 10.5 Å². The number of ether oxygens (including phenoxy) is 1. The van der Waals surface area contributed by atoms with Crippen molar-refractivity contribution in [1.82, 2.24) is 0 Å². The summed E-state index contributed by atoms with van der Waals surface area (Å²) in [6, 6.07) is 6.30. The highest BCUT2D eigenvalue weighted by atomic mass is 35.5. The third kappa shape index (κ3) is 2.99. The van der Waals surface area contributed by atoms with E-state index in [4.69, 9.17) is 22.1 Å². The molecule has 1 fully saturated rings. The van der Waals surface area contributed by atoms with E-state index in [9.17, 15) is 4.79 Å². The Kier molecular flexibility index (Phi) is 4.02. The van der Waals surface area contributed by atoms with Crippen LogP contribution in [0.15, 0.2) is 24.3 Å². The van der Waals surface area contributed by atoms with E-state index in [1.807, 2.05) is 6.07 Å². The number of carbonyl (C=O) groups is 1. The molecule has 0 unspecified atom stereocenters. The van der Waals surface area contributed by atoms with E-state index in [1.165, 1.54) is 0 Å². The zero-order valence-electron chi connectivity index (χ0n) is 9.56. The van der Waals surface area contributed by atoms with Crippen LogP contribution >= 0.6 is 11.6 Å². The van der Waals surface area contributed by atoms with Crippen molar-refractivity contribution in [3.05, 3.63) is 34.9 Å². The lowest BCUT2D eigenvalue weighted by atomic mass is 10.1. The van der Waals surface area contributed by atoms with E-state index < -0.39 is 6.04 Å². The first-order valence-corrected chi connectivity index (χ1v) is 6.27. The molecule has 4 heteroatoms. The molecular weight excluding hydrogens is 238 g/mol. The van der Waals surface area contributed by atoms with Crippen LogP contribution in [0.2, 0.25) is 5.02 Å². The molecule has 1 aliphatic rings. The van der Waals surface area contributed by atoms with E-state index >= 15 is 0 Å². The third-order valence-corrected chi connectivity index (χ3v) is 3.42. The van der Waals surface area contributed by atoms with Gasteiger partial charge in [-0.3, -0.25) is 0 Å². The lowest BCUT2D eigenvalue weighted by Crippen LogP contribution is -2.27. The van der Waals surface area contributed by atoms with Gasteiger partial charge in [0.2, 0.25) is 0 Å². The SMILES string of the molecule is N[C@@H](C(=O)OC1CCCC1)c1ccccc1Cl. The number of hydrogen-bond donors (Lipinski definition) is 1. The first-order chi connectivity index (χ1) is 8.18. The maximum absolute atomic E-state index is 11.8. The molecule has 0 saturated heterocycles. The van der Waals surface area contributed by atoms with Crippen LogP contribution in [0.1, 0.15) is 37.3 Å². The number of halogens is 1. The predicted molar refractivity (Wildman–Crippen MR) is 66.7 cm³/mol. The average molecular weight is 254 g/mol. The molecule has 0 heterocycles. The Bertz CT molecular complexity index is 402. The summed E-state index contributed by atoms with van der Waals surface area (Å²) >= 11 is 5.99. The van der Waals surface area contributed by atoms with Crippen molar-refractivity contribution in [2.45, 2.75) is 37.8 Å². The molecule has 17 heavy (non-hydrogen) atoms. The van der Waals surface area contributed by atoms with Gasteiger partial charge in [0.15, 0.2) is 0 Å². The van der Waals surface area contributed by atoms with Gasteiger partial charge in [-0.15, -0.1) is 0 Å². The van der Waals surface area contributed by atoms with Crippen molar-refractivity contribution >= 4 is 17.6 Å². The minimum absolute atomic E-state index is 0.0380. The topological polar surface area (TPSA) is 52.3 Å². The predicted octanol–water partition coefficient (Wildman–Crippen LogP) is 2.83. The Labute approximate surface area is 106 Å². The second kappa shape index (κ2) is 5.52. The summed E-state index contributed by atoms with van der Waals surface area (Å²) in [6.45, 7) is 0.